The fraction of sp³-hybridized carbons (Fsp3) is 0.579. The highest BCUT2D eigenvalue weighted by Crippen LogP contribution is 2.43. The summed E-state index contributed by atoms with van der Waals surface area (Å²) in [6.45, 7) is 8.91. The molecule has 1 heteroatoms. The molecule has 0 bridgehead atoms. The van der Waals surface area contributed by atoms with E-state index in [9.17, 15) is 5.11 Å². The summed E-state index contributed by atoms with van der Waals surface area (Å²) in [5, 5.41) is 10.8. The van der Waals surface area contributed by atoms with Crippen molar-refractivity contribution < 1.29 is 5.11 Å². The molecule has 1 nitrogen and oxygen atoms in total. The van der Waals surface area contributed by atoms with Crippen LogP contribution in [-0.2, 0) is 5.60 Å². The summed E-state index contributed by atoms with van der Waals surface area (Å²) in [6.07, 6.45) is 5.60. The van der Waals surface area contributed by atoms with Crippen LogP contribution in [0.2, 0.25) is 0 Å². The van der Waals surface area contributed by atoms with Crippen LogP contribution < -0.4 is 0 Å². The van der Waals surface area contributed by atoms with Gasteiger partial charge in [-0.25, -0.2) is 0 Å². The van der Waals surface area contributed by atoms with E-state index in [1.807, 2.05) is 37.3 Å². The molecular weight excluding hydrogens is 244 g/mol. The van der Waals surface area contributed by atoms with Gasteiger partial charge in [0.2, 0.25) is 0 Å². The standard InChI is InChI=1S/C19H28O/c1-15-9-8-13-18(2,3)17(15)12-14-19(4,20)16-10-6-5-7-11-16/h5-7,10-11,20H,8-9,12-14H2,1-4H3. The number of rotatable bonds is 4. The van der Waals surface area contributed by atoms with Gasteiger partial charge in [-0.15, -0.1) is 0 Å². The van der Waals surface area contributed by atoms with E-state index in [4.69, 9.17) is 0 Å². The van der Waals surface area contributed by atoms with E-state index in [0.717, 1.165) is 18.4 Å². The number of allylic oxidation sites excluding steroid dienone is 2. The number of hydrogen-bond donors (Lipinski definition) is 1. The van der Waals surface area contributed by atoms with E-state index < -0.39 is 5.60 Å². The minimum absolute atomic E-state index is 0.301. The average molecular weight is 272 g/mol. The Morgan fingerprint density at radius 1 is 1.20 bits per heavy atom. The van der Waals surface area contributed by atoms with Crippen LogP contribution in [0.15, 0.2) is 41.5 Å². The SMILES string of the molecule is CC1=C(CCC(C)(O)c2ccccc2)C(C)(C)CCC1. The first kappa shape index (κ1) is 15.3. The molecule has 1 unspecified atom stereocenters. The molecule has 0 fully saturated rings. The Bertz CT molecular complexity index is 480. The third-order valence-electron chi connectivity index (χ3n) is 4.94. The smallest absolute Gasteiger partial charge is 0.0871 e. The second-order valence-corrected chi connectivity index (χ2v) is 7.14. The van der Waals surface area contributed by atoms with E-state index in [1.165, 1.54) is 19.3 Å². The van der Waals surface area contributed by atoms with Gasteiger partial charge in [0.15, 0.2) is 0 Å². The summed E-state index contributed by atoms with van der Waals surface area (Å²) in [6, 6.07) is 10.0. The Balaban J connectivity index is 2.12. The predicted octanol–water partition coefficient (Wildman–Crippen LogP) is 5.20. The van der Waals surface area contributed by atoms with Gasteiger partial charge in [0.25, 0.3) is 0 Å². The molecule has 0 saturated carbocycles. The van der Waals surface area contributed by atoms with Crippen LogP contribution in [0.5, 0.6) is 0 Å². The van der Waals surface area contributed by atoms with Crippen LogP contribution in [0.4, 0.5) is 0 Å². The molecule has 0 saturated heterocycles. The molecular formula is C19H28O. The lowest BCUT2D eigenvalue weighted by Gasteiger charge is -2.36. The number of hydrogen-bond acceptors (Lipinski definition) is 1. The minimum atomic E-state index is -0.734. The molecule has 110 valence electrons. The average Bonchev–Trinajstić information content (AvgIpc) is 2.38. The molecule has 0 amide bonds. The van der Waals surface area contributed by atoms with Crippen molar-refractivity contribution in [2.24, 2.45) is 5.41 Å². The Labute approximate surface area is 123 Å². The van der Waals surface area contributed by atoms with E-state index in [1.54, 1.807) is 11.1 Å². The Morgan fingerprint density at radius 2 is 1.85 bits per heavy atom. The van der Waals surface area contributed by atoms with Crippen LogP contribution in [0.1, 0.15) is 65.4 Å². The summed E-state index contributed by atoms with van der Waals surface area (Å²) >= 11 is 0. The monoisotopic (exact) mass is 272 g/mol. The van der Waals surface area contributed by atoms with Gasteiger partial charge >= 0.3 is 0 Å². The molecule has 1 aliphatic carbocycles. The number of aliphatic hydroxyl groups is 1. The lowest BCUT2D eigenvalue weighted by atomic mass is 9.70. The lowest BCUT2D eigenvalue weighted by Crippen LogP contribution is -2.25. The van der Waals surface area contributed by atoms with Gasteiger partial charge in [0, 0.05) is 0 Å². The fourth-order valence-electron chi connectivity index (χ4n) is 3.54. The van der Waals surface area contributed by atoms with Crippen LogP contribution in [0.3, 0.4) is 0 Å². The van der Waals surface area contributed by atoms with Gasteiger partial charge in [0.1, 0.15) is 0 Å². The minimum Gasteiger partial charge on any atom is -0.385 e. The molecule has 1 aromatic rings. The van der Waals surface area contributed by atoms with Crippen LogP contribution >= 0.6 is 0 Å². The zero-order valence-corrected chi connectivity index (χ0v) is 13.4. The summed E-state index contributed by atoms with van der Waals surface area (Å²) in [5.41, 5.74) is 3.70. The van der Waals surface area contributed by atoms with Crippen molar-refractivity contribution in [1.29, 1.82) is 0 Å². The highest BCUT2D eigenvalue weighted by atomic mass is 16.3. The summed E-state index contributed by atoms with van der Waals surface area (Å²) in [5.74, 6) is 0. The molecule has 1 aromatic carbocycles. The van der Waals surface area contributed by atoms with Crippen LogP contribution in [-0.4, -0.2) is 5.11 Å². The van der Waals surface area contributed by atoms with Crippen molar-refractivity contribution in [1.82, 2.24) is 0 Å². The first-order valence-corrected chi connectivity index (χ1v) is 7.80. The van der Waals surface area contributed by atoms with Crippen LogP contribution in [0.25, 0.3) is 0 Å². The van der Waals surface area contributed by atoms with Gasteiger partial charge in [-0.3, -0.25) is 0 Å². The molecule has 0 aliphatic heterocycles. The highest BCUT2D eigenvalue weighted by molar-refractivity contribution is 5.25. The maximum atomic E-state index is 10.8. The third kappa shape index (κ3) is 3.32. The molecule has 0 radical (unpaired) electrons. The molecule has 1 N–H and O–H groups in total. The normalized spacial score (nSPS) is 21.6. The van der Waals surface area contributed by atoms with Crippen molar-refractivity contribution in [2.45, 2.75) is 65.4 Å². The van der Waals surface area contributed by atoms with Crippen LogP contribution in [0, 0.1) is 5.41 Å². The predicted molar refractivity (Wildman–Crippen MR) is 85.6 cm³/mol. The molecule has 20 heavy (non-hydrogen) atoms. The molecule has 0 aromatic heterocycles. The van der Waals surface area contributed by atoms with E-state index in [-0.39, 0.29) is 0 Å². The zero-order valence-electron chi connectivity index (χ0n) is 13.4. The summed E-state index contributed by atoms with van der Waals surface area (Å²) in [7, 11) is 0. The Hall–Kier alpha value is -1.08. The zero-order chi connectivity index (χ0) is 14.8. The topological polar surface area (TPSA) is 20.2 Å². The van der Waals surface area contributed by atoms with Crippen molar-refractivity contribution in [3.05, 3.63) is 47.0 Å². The van der Waals surface area contributed by atoms with Gasteiger partial charge in [0.05, 0.1) is 5.60 Å². The maximum Gasteiger partial charge on any atom is 0.0871 e. The first-order valence-electron chi connectivity index (χ1n) is 7.80. The largest absolute Gasteiger partial charge is 0.385 e. The van der Waals surface area contributed by atoms with Crippen molar-refractivity contribution in [3.8, 4) is 0 Å². The van der Waals surface area contributed by atoms with E-state index in [0.29, 0.717) is 5.41 Å². The Kier molecular flexibility index (Phi) is 4.39. The van der Waals surface area contributed by atoms with E-state index >= 15 is 0 Å². The van der Waals surface area contributed by atoms with E-state index in [2.05, 4.69) is 20.8 Å². The molecule has 0 spiro atoms. The maximum absolute atomic E-state index is 10.8. The first-order chi connectivity index (χ1) is 9.33. The third-order valence-corrected chi connectivity index (χ3v) is 4.94. The van der Waals surface area contributed by atoms with Gasteiger partial charge in [-0.05, 0) is 56.9 Å². The quantitative estimate of drug-likeness (QED) is 0.747. The van der Waals surface area contributed by atoms with Gasteiger partial charge in [-0.2, -0.15) is 0 Å². The van der Waals surface area contributed by atoms with Crippen molar-refractivity contribution in [3.63, 3.8) is 0 Å². The summed E-state index contributed by atoms with van der Waals surface area (Å²) in [4.78, 5) is 0. The molecule has 0 heterocycles. The van der Waals surface area contributed by atoms with Gasteiger partial charge < -0.3 is 5.11 Å². The highest BCUT2D eigenvalue weighted by Gasteiger charge is 2.30. The second kappa shape index (κ2) is 5.73. The summed E-state index contributed by atoms with van der Waals surface area (Å²) < 4.78 is 0. The molecule has 1 atom stereocenters. The van der Waals surface area contributed by atoms with Gasteiger partial charge in [-0.1, -0.05) is 55.3 Å². The lowest BCUT2D eigenvalue weighted by molar-refractivity contribution is 0.0464. The van der Waals surface area contributed by atoms with Crippen molar-refractivity contribution in [2.75, 3.05) is 0 Å². The molecule has 2 rings (SSSR count). The second-order valence-electron chi connectivity index (χ2n) is 7.14. The van der Waals surface area contributed by atoms with Crippen molar-refractivity contribution >= 4 is 0 Å². The fourth-order valence-corrected chi connectivity index (χ4v) is 3.54. The number of benzene rings is 1. The molecule has 1 aliphatic rings. The Morgan fingerprint density at radius 3 is 2.45 bits per heavy atom.